The number of ether oxygens (including phenoxy) is 1. The summed E-state index contributed by atoms with van der Waals surface area (Å²) in [5, 5.41) is 13.5. The number of benzene rings is 3. The van der Waals surface area contributed by atoms with Gasteiger partial charge in [0.2, 0.25) is 5.91 Å². The van der Waals surface area contributed by atoms with Crippen molar-refractivity contribution in [2.75, 3.05) is 5.32 Å². The van der Waals surface area contributed by atoms with Gasteiger partial charge < -0.3 is 14.5 Å². The Bertz CT molecular complexity index is 1160. The van der Waals surface area contributed by atoms with Gasteiger partial charge in [0.15, 0.2) is 6.61 Å². The van der Waals surface area contributed by atoms with Gasteiger partial charge in [-0.1, -0.05) is 59.8 Å². The molecule has 30 heavy (non-hydrogen) atoms. The lowest BCUT2D eigenvalue weighted by atomic mass is 10.1. The zero-order valence-corrected chi connectivity index (χ0v) is 17.6. The summed E-state index contributed by atoms with van der Waals surface area (Å²) in [6.45, 7) is 1.92. The molecule has 0 bridgehead atoms. The summed E-state index contributed by atoms with van der Waals surface area (Å²) in [6, 6.07) is 20.7. The molecule has 4 aromatic rings. The largest absolute Gasteiger partial charge is 0.484 e. The number of amides is 1. The Balaban J connectivity index is 1.35. The van der Waals surface area contributed by atoms with Crippen molar-refractivity contribution in [3.63, 3.8) is 0 Å². The summed E-state index contributed by atoms with van der Waals surface area (Å²) in [7, 11) is 0. The average molecular weight is 440 g/mol. The Labute approximate surface area is 182 Å². The molecule has 3 aromatic carbocycles. The summed E-state index contributed by atoms with van der Waals surface area (Å²) in [4.78, 5) is 12.6. The van der Waals surface area contributed by atoms with Crippen LogP contribution in [0.4, 0.5) is 5.69 Å². The number of carbonyl (C=O) groups is 1. The van der Waals surface area contributed by atoms with E-state index >= 15 is 0 Å². The minimum absolute atomic E-state index is 0.131. The lowest BCUT2D eigenvalue weighted by molar-refractivity contribution is -0.115. The van der Waals surface area contributed by atoms with Crippen LogP contribution in [0.1, 0.15) is 12.8 Å². The molecule has 0 saturated carbocycles. The van der Waals surface area contributed by atoms with Gasteiger partial charge in [0.05, 0.1) is 5.25 Å². The van der Waals surface area contributed by atoms with E-state index in [1.54, 1.807) is 31.2 Å². The van der Waals surface area contributed by atoms with Crippen LogP contribution in [-0.2, 0) is 11.4 Å². The molecule has 1 heterocycles. The number of nitrogens with one attached hydrogen (secondary N) is 1. The van der Waals surface area contributed by atoms with Gasteiger partial charge in [0, 0.05) is 16.1 Å². The molecule has 0 aliphatic heterocycles. The molecule has 6 nitrogen and oxygen atoms in total. The Morgan fingerprint density at radius 2 is 1.87 bits per heavy atom. The fourth-order valence-electron chi connectivity index (χ4n) is 2.79. The average Bonchev–Trinajstić information content (AvgIpc) is 3.21. The third-order valence-corrected chi connectivity index (χ3v) is 5.50. The standard InChI is InChI=1S/C22H18ClN3O3S/c1-14(21(27)24-19-8-4-6-15-5-2-3-7-18(15)19)30-22-26-25-20(29-22)13-28-17-11-9-16(23)10-12-17/h2-12,14H,13H2,1H3,(H,24,27). The van der Waals surface area contributed by atoms with Crippen LogP contribution < -0.4 is 10.1 Å². The summed E-state index contributed by atoms with van der Waals surface area (Å²) in [5.41, 5.74) is 0.771. The molecule has 4 rings (SSSR count). The monoisotopic (exact) mass is 439 g/mol. The van der Waals surface area contributed by atoms with Crippen molar-refractivity contribution in [1.29, 1.82) is 0 Å². The van der Waals surface area contributed by atoms with Gasteiger partial charge in [-0.3, -0.25) is 4.79 Å². The van der Waals surface area contributed by atoms with E-state index in [9.17, 15) is 4.79 Å². The van der Waals surface area contributed by atoms with Crippen molar-refractivity contribution in [1.82, 2.24) is 10.2 Å². The van der Waals surface area contributed by atoms with E-state index in [2.05, 4.69) is 15.5 Å². The van der Waals surface area contributed by atoms with Gasteiger partial charge in [-0.15, -0.1) is 10.2 Å². The highest BCUT2D eigenvalue weighted by Crippen LogP contribution is 2.26. The first-order valence-corrected chi connectivity index (χ1v) is 10.5. The SMILES string of the molecule is CC(Sc1nnc(COc2ccc(Cl)cc2)o1)C(=O)Nc1cccc2ccccc12. The fraction of sp³-hybridized carbons (Fsp3) is 0.136. The number of hydrogen-bond acceptors (Lipinski definition) is 6. The van der Waals surface area contributed by atoms with E-state index in [-0.39, 0.29) is 12.5 Å². The molecule has 8 heteroatoms. The molecular formula is C22H18ClN3O3S. The molecule has 1 N–H and O–H groups in total. The van der Waals surface area contributed by atoms with Crippen molar-refractivity contribution in [3.8, 4) is 5.75 Å². The van der Waals surface area contributed by atoms with Crippen molar-refractivity contribution >= 4 is 45.7 Å². The topological polar surface area (TPSA) is 77.2 Å². The normalized spacial score (nSPS) is 11.9. The van der Waals surface area contributed by atoms with Crippen LogP contribution in [0.5, 0.6) is 5.75 Å². The van der Waals surface area contributed by atoms with Crippen molar-refractivity contribution in [3.05, 3.63) is 77.6 Å². The maximum atomic E-state index is 12.6. The molecule has 0 spiro atoms. The highest BCUT2D eigenvalue weighted by Gasteiger charge is 2.19. The van der Waals surface area contributed by atoms with Crippen LogP contribution >= 0.6 is 23.4 Å². The van der Waals surface area contributed by atoms with Crippen LogP contribution in [0, 0.1) is 0 Å². The van der Waals surface area contributed by atoms with E-state index < -0.39 is 5.25 Å². The molecule has 152 valence electrons. The van der Waals surface area contributed by atoms with Crippen LogP contribution in [0.25, 0.3) is 10.8 Å². The minimum atomic E-state index is -0.422. The van der Waals surface area contributed by atoms with Gasteiger partial charge in [0.1, 0.15) is 5.75 Å². The quantitative estimate of drug-likeness (QED) is 0.379. The van der Waals surface area contributed by atoms with E-state index in [4.69, 9.17) is 20.8 Å². The third kappa shape index (κ3) is 4.93. The van der Waals surface area contributed by atoms with E-state index in [0.717, 1.165) is 16.5 Å². The molecule has 1 amide bonds. The fourth-order valence-corrected chi connectivity index (χ4v) is 3.62. The molecule has 0 fully saturated rings. The first kappa shape index (κ1) is 20.3. The number of rotatable bonds is 7. The van der Waals surface area contributed by atoms with E-state index in [0.29, 0.717) is 21.9 Å². The van der Waals surface area contributed by atoms with Crippen molar-refractivity contribution in [2.45, 2.75) is 24.0 Å². The van der Waals surface area contributed by atoms with Crippen LogP contribution in [0.2, 0.25) is 5.02 Å². The highest BCUT2D eigenvalue weighted by atomic mass is 35.5. The lowest BCUT2D eigenvalue weighted by Gasteiger charge is -2.12. The zero-order valence-electron chi connectivity index (χ0n) is 16.0. The van der Waals surface area contributed by atoms with Crippen LogP contribution in [-0.4, -0.2) is 21.4 Å². The Kier molecular flexibility index (Phi) is 6.21. The highest BCUT2D eigenvalue weighted by molar-refractivity contribution is 8.00. The molecule has 0 saturated heterocycles. The predicted octanol–water partition coefficient (Wildman–Crippen LogP) is 5.57. The first-order chi connectivity index (χ1) is 14.6. The second kappa shape index (κ2) is 9.19. The molecule has 1 atom stereocenters. The number of thioether (sulfide) groups is 1. The summed E-state index contributed by atoms with van der Waals surface area (Å²) in [5.74, 6) is 0.831. The van der Waals surface area contributed by atoms with Crippen molar-refractivity contribution < 1.29 is 13.9 Å². The molecule has 0 aliphatic rings. The lowest BCUT2D eigenvalue weighted by Crippen LogP contribution is -2.22. The third-order valence-electron chi connectivity index (χ3n) is 4.32. The van der Waals surface area contributed by atoms with Gasteiger partial charge in [-0.2, -0.15) is 0 Å². The Morgan fingerprint density at radius 1 is 1.10 bits per heavy atom. The second-order valence-corrected chi connectivity index (χ2v) is 8.21. The minimum Gasteiger partial charge on any atom is -0.484 e. The second-order valence-electron chi connectivity index (χ2n) is 6.48. The number of nitrogens with zero attached hydrogens (tertiary/aromatic N) is 2. The van der Waals surface area contributed by atoms with Gasteiger partial charge in [-0.25, -0.2) is 0 Å². The maximum Gasteiger partial charge on any atom is 0.277 e. The molecule has 0 aliphatic carbocycles. The number of carbonyl (C=O) groups excluding carboxylic acids is 1. The Hall–Kier alpha value is -3.03. The van der Waals surface area contributed by atoms with Crippen LogP contribution in [0.15, 0.2) is 76.4 Å². The van der Waals surface area contributed by atoms with Crippen molar-refractivity contribution in [2.24, 2.45) is 0 Å². The smallest absolute Gasteiger partial charge is 0.277 e. The first-order valence-electron chi connectivity index (χ1n) is 9.24. The van der Waals surface area contributed by atoms with E-state index in [1.165, 1.54) is 11.8 Å². The number of anilines is 1. The number of halogens is 1. The van der Waals surface area contributed by atoms with Gasteiger partial charge in [-0.05, 0) is 42.6 Å². The molecule has 0 radical (unpaired) electrons. The van der Waals surface area contributed by atoms with E-state index in [1.807, 2.05) is 42.5 Å². The maximum absolute atomic E-state index is 12.6. The Morgan fingerprint density at radius 3 is 2.70 bits per heavy atom. The number of aromatic nitrogens is 2. The van der Waals surface area contributed by atoms with Crippen LogP contribution in [0.3, 0.4) is 0 Å². The molecular weight excluding hydrogens is 422 g/mol. The predicted molar refractivity (Wildman–Crippen MR) is 118 cm³/mol. The van der Waals surface area contributed by atoms with Gasteiger partial charge in [0.25, 0.3) is 11.1 Å². The number of hydrogen-bond donors (Lipinski definition) is 1. The zero-order chi connectivity index (χ0) is 20.9. The summed E-state index contributed by atoms with van der Waals surface area (Å²) >= 11 is 7.05. The molecule has 1 aromatic heterocycles. The summed E-state index contributed by atoms with van der Waals surface area (Å²) < 4.78 is 11.2. The summed E-state index contributed by atoms with van der Waals surface area (Å²) in [6.07, 6.45) is 0. The molecule has 1 unspecified atom stereocenters. The van der Waals surface area contributed by atoms with Gasteiger partial charge >= 0.3 is 0 Å². The number of fused-ring (bicyclic) bond motifs is 1.